The number of pyridine rings is 1. The van der Waals surface area contributed by atoms with Crippen LogP contribution in [-0.4, -0.2) is 34.9 Å². The zero-order chi connectivity index (χ0) is 16.8. The smallest absolute Gasteiger partial charge is 0.376 e. The van der Waals surface area contributed by atoms with Gasteiger partial charge in [0, 0.05) is 30.8 Å². The zero-order valence-corrected chi connectivity index (χ0v) is 13.0. The van der Waals surface area contributed by atoms with Crippen LogP contribution in [0.5, 0.6) is 0 Å². The van der Waals surface area contributed by atoms with E-state index in [0.717, 1.165) is 31.7 Å². The van der Waals surface area contributed by atoms with Gasteiger partial charge in [0.05, 0.1) is 6.07 Å². The van der Waals surface area contributed by atoms with Crippen molar-refractivity contribution in [2.24, 2.45) is 5.92 Å². The zero-order valence-electron chi connectivity index (χ0n) is 13.0. The molecule has 23 heavy (non-hydrogen) atoms. The van der Waals surface area contributed by atoms with Crippen molar-refractivity contribution >= 4 is 23.6 Å². The van der Waals surface area contributed by atoms with Crippen molar-refractivity contribution in [3.8, 4) is 6.07 Å². The third-order valence-corrected chi connectivity index (χ3v) is 3.98. The lowest BCUT2D eigenvalue weighted by molar-refractivity contribution is -0.147. The molecule has 0 aliphatic carbocycles. The van der Waals surface area contributed by atoms with Crippen molar-refractivity contribution in [3.63, 3.8) is 0 Å². The van der Waals surface area contributed by atoms with E-state index in [1.807, 2.05) is 12.1 Å². The van der Waals surface area contributed by atoms with E-state index in [1.54, 1.807) is 19.2 Å². The van der Waals surface area contributed by atoms with Crippen molar-refractivity contribution in [1.82, 2.24) is 4.98 Å². The van der Waals surface area contributed by atoms with Crippen LogP contribution in [0.25, 0.3) is 6.08 Å². The molecule has 1 N–H and O–H groups in total. The van der Waals surface area contributed by atoms with Gasteiger partial charge in [-0.3, -0.25) is 4.79 Å². The van der Waals surface area contributed by atoms with Crippen LogP contribution in [0.2, 0.25) is 0 Å². The minimum absolute atomic E-state index is 0.127. The maximum Gasteiger partial charge on any atom is 0.376 e. The van der Waals surface area contributed by atoms with Gasteiger partial charge in [-0.05, 0) is 43.0 Å². The van der Waals surface area contributed by atoms with E-state index in [1.165, 1.54) is 0 Å². The first kappa shape index (κ1) is 16.7. The minimum Gasteiger partial charge on any atom is -0.475 e. The maximum absolute atomic E-state index is 11.5. The Morgan fingerprint density at radius 2 is 2.13 bits per heavy atom. The molecule has 1 fully saturated rings. The highest BCUT2D eigenvalue weighted by Crippen LogP contribution is 2.22. The first-order valence-electron chi connectivity index (χ1n) is 7.64. The van der Waals surface area contributed by atoms with Gasteiger partial charge in [0.15, 0.2) is 0 Å². The van der Waals surface area contributed by atoms with E-state index < -0.39 is 11.8 Å². The molecule has 0 spiro atoms. The van der Waals surface area contributed by atoms with Gasteiger partial charge < -0.3 is 10.0 Å². The number of carboxylic acids is 1. The number of rotatable bonds is 5. The standard InChI is InChI=1S/C17H19N3O3/c1-2-14(16(21)17(22)23)9-13-3-4-15(19-11-13)20-7-5-12(10-18)6-8-20/h3-4,9,11-12H,2,5-8H2,1H3,(H,22,23). The summed E-state index contributed by atoms with van der Waals surface area (Å²) in [6.07, 6.45) is 5.24. The van der Waals surface area contributed by atoms with Crippen LogP contribution in [0.3, 0.4) is 0 Å². The first-order chi connectivity index (χ1) is 11.0. The molecule has 6 heteroatoms. The van der Waals surface area contributed by atoms with Crippen LogP contribution in [0, 0.1) is 17.2 Å². The Morgan fingerprint density at radius 3 is 2.61 bits per heavy atom. The molecule has 1 aliphatic heterocycles. The molecule has 0 atom stereocenters. The second-order valence-electron chi connectivity index (χ2n) is 5.50. The van der Waals surface area contributed by atoms with Crippen LogP contribution in [0.15, 0.2) is 23.9 Å². The number of carbonyl (C=O) groups is 2. The number of ketones is 1. The van der Waals surface area contributed by atoms with Crippen LogP contribution in [-0.2, 0) is 9.59 Å². The number of nitriles is 1. The van der Waals surface area contributed by atoms with Crippen LogP contribution in [0.4, 0.5) is 5.82 Å². The molecule has 1 aromatic heterocycles. The summed E-state index contributed by atoms with van der Waals surface area (Å²) in [7, 11) is 0. The van der Waals surface area contributed by atoms with Gasteiger partial charge in [0.25, 0.3) is 5.78 Å². The maximum atomic E-state index is 11.5. The lowest BCUT2D eigenvalue weighted by Crippen LogP contribution is -2.33. The Kier molecular flexibility index (Phi) is 5.47. The lowest BCUT2D eigenvalue weighted by atomic mass is 9.98. The second kappa shape index (κ2) is 7.54. The van der Waals surface area contributed by atoms with E-state index in [9.17, 15) is 9.59 Å². The van der Waals surface area contributed by atoms with Crippen molar-refractivity contribution in [2.45, 2.75) is 26.2 Å². The van der Waals surface area contributed by atoms with Crippen molar-refractivity contribution in [3.05, 3.63) is 29.5 Å². The molecule has 6 nitrogen and oxygen atoms in total. The second-order valence-corrected chi connectivity index (χ2v) is 5.50. The number of carboxylic acid groups (broad SMARTS) is 1. The average Bonchev–Trinajstić information content (AvgIpc) is 2.59. The van der Waals surface area contributed by atoms with E-state index in [-0.39, 0.29) is 11.5 Å². The fourth-order valence-electron chi connectivity index (χ4n) is 2.57. The summed E-state index contributed by atoms with van der Waals surface area (Å²) in [4.78, 5) is 28.8. The van der Waals surface area contributed by atoms with Crippen LogP contribution < -0.4 is 4.90 Å². The molecule has 0 radical (unpaired) electrons. The highest BCUT2D eigenvalue weighted by Gasteiger charge is 2.20. The van der Waals surface area contributed by atoms with Gasteiger partial charge >= 0.3 is 5.97 Å². The largest absolute Gasteiger partial charge is 0.475 e. The monoisotopic (exact) mass is 313 g/mol. The molecule has 1 saturated heterocycles. The Bertz CT molecular complexity index is 651. The molecular formula is C17H19N3O3. The van der Waals surface area contributed by atoms with Gasteiger partial charge in [-0.2, -0.15) is 5.26 Å². The van der Waals surface area contributed by atoms with Gasteiger partial charge in [0.2, 0.25) is 0 Å². The lowest BCUT2D eigenvalue weighted by Gasteiger charge is -2.30. The molecule has 0 amide bonds. The number of anilines is 1. The molecule has 0 saturated carbocycles. The number of hydrogen-bond acceptors (Lipinski definition) is 5. The van der Waals surface area contributed by atoms with Crippen molar-refractivity contribution in [2.75, 3.05) is 18.0 Å². The number of piperidine rings is 1. The molecule has 120 valence electrons. The average molecular weight is 313 g/mol. The molecule has 2 heterocycles. The number of aliphatic carboxylic acids is 1. The third kappa shape index (κ3) is 4.16. The van der Waals surface area contributed by atoms with E-state index in [0.29, 0.717) is 12.0 Å². The topological polar surface area (TPSA) is 94.3 Å². The molecule has 1 aromatic rings. The van der Waals surface area contributed by atoms with Crippen molar-refractivity contribution < 1.29 is 14.7 Å². The first-order valence-corrected chi connectivity index (χ1v) is 7.64. The molecule has 2 rings (SSSR count). The van der Waals surface area contributed by atoms with Gasteiger partial charge in [-0.15, -0.1) is 0 Å². The number of aromatic nitrogens is 1. The fourth-order valence-corrected chi connectivity index (χ4v) is 2.57. The molecule has 0 unspecified atom stereocenters. The summed E-state index contributed by atoms with van der Waals surface area (Å²) in [5.74, 6) is -1.36. The number of nitrogens with zero attached hydrogens (tertiary/aromatic N) is 3. The van der Waals surface area contributed by atoms with E-state index >= 15 is 0 Å². The van der Waals surface area contributed by atoms with Crippen molar-refractivity contribution in [1.29, 1.82) is 5.26 Å². The molecule has 0 aromatic carbocycles. The van der Waals surface area contributed by atoms with E-state index in [2.05, 4.69) is 16.0 Å². The third-order valence-electron chi connectivity index (χ3n) is 3.98. The number of hydrogen-bond donors (Lipinski definition) is 1. The molecule has 1 aliphatic rings. The summed E-state index contributed by atoms with van der Waals surface area (Å²) < 4.78 is 0. The molecule has 0 bridgehead atoms. The highest BCUT2D eigenvalue weighted by atomic mass is 16.4. The predicted molar refractivity (Wildman–Crippen MR) is 85.7 cm³/mol. The highest BCUT2D eigenvalue weighted by molar-refractivity contribution is 6.40. The number of carbonyl (C=O) groups excluding carboxylic acids is 1. The predicted octanol–water partition coefficient (Wildman–Crippen LogP) is 2.27. The van der Waals surface area contributed by atoms with Crippen LogP contribution in [0.1, 0.15) is 31.7 Å². The summed E-state index contributed by atoms with van der Waals surface area (Å²) in [6.45, 7) is 3.35. The molecular weight excluding hydrogens is 294 g/mol. The quantitative estimate of drug-likeness (QED) is 0.662. The minimum atomic E-state index is -1.44. The summed E-state index contributed by atoms with van der Waals surface area (Å²) >= 11 is 0. The fraction of sp³-hybridized carbons (Fsp3) is 0.412. The van der Waals surface area contributed by atoms with Gasteiger partial charge in [-0.1, -0.05) is 6.92 Å². The number of Topliss-reactive ketones (excluding diaryl/α,β-unsaturated/α-hetero) is 1. The van der Waals surface area contributed by atoms with E-state index in [4.69, 9.17) is 10.4 Å². The van der Waals surface area contributed by atoms with Gasteiger partial charge in [-0.25, -0.2) is 9.78 Å². The summed E-state index contributed by atoms with van der Waals surface area (Å²) in [5, 5.41) is 17.7. The Morgan fingerprint density at radius 1 is 1.43 bits per heavy atom. The van der Waals surface area contributed by atoms with Gasteiger partial charge in [0.1, 0.15) is 5.82 Å². The van der Waals surface area contributed by atoms with Crippen LogP contribution >= 0.6 is 0 Å². The summed E-state index contributed by atoms with van der Waals surface area (Å²) in [6, 6.07) is 5.98. The Balaban J connectivity index is 2.09. The SMILES string of the molecule is CCC(=Cc1ccc(N2CCC(C#N)CC2)nc1)C(=O)C(=O)O. The normalized spacial score (nSPS) is 16.0. The Hall–Kier alpha value is -2.68. The summed E-state index contributed by atoms with van der Waals surface area (Å²) in [5.41, 5.74) is 0.953. The Labute approximate surface area is 135 Å².